The second-order valence-corrected chi connectivity index (χ2v) is 4.11. The highest BCUT2D eigenvalue weighted by molar-refractivity contribution is 5.31. The fourth-order valence-electron chi connectivity index (χ4n) is 1.75. The summed E-state index contributed by atoms with van der Waals surface area (Å²) in [4.78, 5) is 4.07. The topological polar surface area (TPSA) is 67.6 Å². The molecule has 0 saturated heterocycles. The van der Waals surface area contributed by atoms with Crippen molar-refractivity contribution >= 4 is 0 Å². The first-order chi connectivity index (χ1) is 7.66. The van der Waals surface area contributed by atoms with Gasteiger partial charge >= 0.3 is 0 Å². The van der Waals surface area contributed by atoms with Crippen molar-refractivity contribution in [2.75, 3.05) is 0 Å². The lowest BCUT2D eigenvalue weighted by Crippen LogP contribution is -2.15. The van der Waals surface area contributed by atoms with Crippen LogP contribution in [0.2, 0.25) is 0 Å². The van der Waals surface area contributed by atoms with E-state index in [0.717, 1.165) is 12.2 Å². The smallest absolute Gasteiger partial charge is 0.141 e. The number of hydrogen-bond acceptors (Lipinski definition) is 3. The van der Waals surface area contributed by atoms with Gasteiger partial charge in [-0.15, -0.1) is 0 Å². The SMILES string of the molecule is Cc1ccc(C)c(CC(N)c2ncn[nH]2)c1. The summed E-state index contributed by atoms with van der Waals surface area (Å²) < 4.78 is 0. The second kappa shape index (κ2) is 4.45. The van der Waals surface area contributed by atoms with Crippen LogP contribution in [0.3, 0.4) is 0 Å². The number of aromatic nitrogens is 3. The average molecular weight is 216 g/mol. The van der Waals surface area contributed by atoms with Gasteiger partial charge in [-0.1, -0.05) is 23.8 Å². The van der Waals surface area contributed by atoms with Crippen molar-refractivity contribution in [2.45, 2.75) is 26.3 Å². The van der Waals surface area contributed by atoms with Crippen molar-refractivity contribution in [3.8, 4) is 0 Å². The van der Waals surface area contributed by atoms with Gasteiger partial charge in [0.25, 0.3) is 0 Å². The van der Waals surface area contributed by atoms with E-state index in [1.807, 2.05) is 0 Å². The Morgan fingerprint density at radius 1 is 1.38 bits per heavy atom. The first-order valence-corrected chi connectivity index (χ1v) is 5.34. The van der Waals surface area contributed by atoms with Crippen LogP contribution in [0.5, 0.6) is 0 Å². The van der Waals surface area contributed by atoms with E-state index in [1.165, 1.54) is 23.0 Å². The fourth-order valence-corrected chi connectivity index (χ4v) is 1.75. The number of nitrogens with two attached hydrogens (primary N) is 1. The van der Waals surface area contributed by atoms with Crippen LogP contribution in [-0.4, -0.2) is 15.2 Å². The Hall–Kier alpha value is -1.68. The zero-order valence-corrected chi connectivity index (χ0v) is 9.57. The molecule has 1 heterocycles. The summed E-state index contributed by atoms with van der Waals surface area (Å²) in [6, 6.07) is 6.28. The quantitative estimate of drug-likeness (QED) is 0.820. The molecule has 1 unspecified atom stereocenters. The van der Waals surface area contributed by atoms with Crippen LogP contribution >= 0.6 is 0 Å². The van der Waals surface area contributed by atoms with Gasteiger partial charge in [0, 0.05) is 0 Å². The summed E-state index contributed by atoms with van der Waals surface area (Å²) in [6.07, 6.45) is 2.26. The van der Waals surface area contributed by atoms with E-state index in [-0.39, 0.29) is 6.04 Å². The molecule has 0 spiro atoms. The van der Waals surface area contributed by atoms with E-state index in [1.54, 1.807) is 0 Å². The number of benzene rings is 1. The van der Waals surface area contributed by atoms with Crippen molar-refractivity contribution in [2.24, 2.45) is 5.73 Å². The van der Waals surface area contributed by atoms with Gasteiger partial charge in [-0.25, -0.2) is 4.98 Å². The average Bonchev–Trinajstić information content (AvgIpc) is 2.76. The molecule has 0 aliphatic heterocycles. The van der Waals surface area contributed by atoms with Gasteiger partial charge in [-0.05, 0) is 31.4 Å². The Morgan fingerprint density at radius 2 is 2.19 bits per heavy atom. The normalized spacial score (nSPS) is 12.7. The maximum absolute atomic E-state index is 6.06. The van der Waals surface area contributed by atoms with E-state index < -0.39 is 0 Å². The van der Waals surface area contributed by atoms with Crippen LogP contribution in [-0.2, 0) is 6.42 Å². The molecule has 0 amide bonds. The molecule has 0 fully saturated rings. The highest BCUT2D eigenvalue weighted by Crippen LogP contribution is 2.17. The van der Waals surface area contributed by atoms with Crippen molar-refractivity contribution in [3.05, 3.63) is 47.0 Å². The minimum absolute atomic E-state index is 0.122. The molecule has 0 aliphatic rings. The van der Waals surface area contributed by atoms with E-state index >= 15 is 0 Å². The number of H-pyrrole nitrogens is 1. The summed E-state index contributed by atoms with van der Waals surface area (Å²) in [5.74, 6) is 0.737. The van der Waals surface area contributed by atoms with E-state index in [2.05, 4.69) is 47.2 Å². The molecule has 4 nitrogen and oxygen atoms in total. The summed E-state index contributed by atoms with van der Waals surface area (Å²) in [5, 5.41) is 6.61. The van der Waals surface area contributed by atoms with Crippen LogP contribution in [0.4, 0.5) is 0 Å². The zero-order valence-electron chi connectivity index (χ0n) is 9.57. The third-order valence-corrected chi connectivity index (χ3v) is 2.73. The Labute approximate surface area is 94.9 Å². The van der Waals surface area contributed by atoms with Gasteiger partial charge in [-0.3, -0.25) is 5.10 Å². The van der Waals surface area contributed by atoms with Crippen LogP contribution < -0.4 is 5.73 Å². The standard InChI is InChI=1S/C12H16N4/c1-8-3-4-9(2)10(5-8)6-11(13)12-14-7-15-16-12/h3-5,7,11H,6,13H2,1-2H3,(H,14,15,16). The lowest BCUT2D eigenvalue weighted by atomic mass is 9.99. The summed E-state index contributed by atoms with van der Waals surface area (Å²) in [6.45, 7) is 4.19. The number of nitrogens with zero attached hydrogens (tertiary/aromatic N) is 2. The van der Waals surface area contributed by atoms with Crippen LogP contribution in [0.15, 0.2) is 24.5 Å². The molecule has 2 aromatic rings. The first-order valence-electron chi connectivity index (χ1n) is 5.34. The predicted molar refractivity (Wildman–Crippen MR) is 62.9 cm³/mol. The van der Waals surface area contributed by atoms with E-state index in [4.69, 9.17) is 5.73 Å². The van der Waals surface area contributed by atoms with Crippen LogP contribution in [0.25, 0.3) is 0 Å². The highest BCUT2D eigenvalue weighted by Gasteiger charge is 2.11. The Balaban J connectivity index is 2.17. The number of aromatic amines is 1. The van der Waals surface area contributed by atoms with Crippen LogP contribution in [0, 0.1) is 13.8 Å². The molecule has 0 aliphatic carbocycles. The summed E-state index contributed by atoms with van der Waals surface area (Å²) in [7, 11) is 0. The minimum Gasteiger partial charge on any atom is -0.321 e. The van der Waals surface area contributed by atoms with Gasteiger partial charge in [0.1, 0.15) is 12.2 Å². The molecule has 0 saturated carbocycles. The highest BCUT2D eigenvalue weighted by atomic mass is 15.2. The van der Waals surface area contributed by atoms with Gasteiger partial charge in [0.15, 0.2) is 0 Å². The van der Waals surface area contributed by atoms with Crippen LogP contribution in [0.1, 0.15) is 28.6 Å². The Morgan fingerprint density at radius 3 is 2.88 bits per heavy atom. The largest absolute Gasteiger partial charge is 0.321 e. The van der Waals surface area contributed by atoms with Gasteiger partial charge in [-0.2, -0.15) is 5.10 Å². The third kappa shape index (κ3) is 2.28. The van der Waals surface area contributed by atoms with E-state index in [9.17, 15) is 0 Å². The molecule has 0 bridgehead atoms. The second-order valence-electron chi connectivity index (χ2n) is 4.11. The van der Waals surface area contributed by atoms with Crippen molar-refractivity contribution in [1.82, 2.24) is 15.2 Å². The Bertz CT molecular complexity index is 462. The molecule has 1 aromatic carbocycles. The molecular formula is C12H16N4. The molecule has 1 atom stereocenters. The molecule has 3 N–H and O–H groups in total. The van der Waals surface area contributed by atoms with Crippen molar-refractivity contribution in [1.29, 1.82) is 0 Å². The first kappa shape index (κ1) is 10.8. The maximum Gasteiger partial charge on any atom is 0.141 e. The zero-order chi connectivity index (χ0) is 11.5. The summed E-state index contributed by atoms with van der Waals surface area (Å²) in [5.41, 5.74) is 9.84. The molecule has 0 radical (unpaired) electrons. The molecule has 16 heavy (non-hydrogen) atoms. The van der Waals surface area contributed by atoms with Gasteiger partial charge < -0.3 is 5.73 Å². The molecule has 2 rings (SSSR count). The number of rotatable bonds is 3. The van der Waals surface area contributed by atoms with Crippen molar-refractivity contribution < 1.29 is 0 Å². The summed E-state index contributed by atoms with van der Waals surface area (Å²) >= 11 is 0. The number of aryl methyl sites for hydroxylation is 2. The monoisotopic (exact) mass is 216 g/mol. The molecular weight excluding hydrogens is 200 g/mol. The predicted octanol–water partition coefficient (Wildman–Crippen LogP) is 1.66. The fraction of sp³-hybridized carbons (Fsp3) is 0.333. The number of hydrogen-bond donors (Lipinski definition) is 2. The minimum atomic E-state index is -0.122. The van der Waals surface area contributed by atoms with Crippen molar-refractivity contribution in [3.63, 3.8) is 0 Å². The lowest BCUT2D eigenvalue weighted by molar-refractivity contribution is 0.668. The van der Waals surface area contributed by atoms with Gasteiger partial charge in [0.05, 0.1) is 6.04 Å². The number of nitrogens with one attached hydrogen (secondary N) is 1. The molecule has 4 heteroatoms. The maximum atomic E-state index is 6.06. The molecule has 1 aromatic heterocycles. The Kier molecular flexibility index (Phi) is 3.01. The molecule has 84 valence electrons. The third-order valence-electron chi connectivity index (χ3n) is 2.73. The van der Waals surface area contributed by atoms with Gasteiger partial charge in [0.2, 0.25) is 0 Å². The van der Waals surface area contributed by atoms with E-state index in [0.29, 0.717) is 0 Å². The lowest BCUT2D eigenvalue weighted by Gasteiger charge is -2.11.